The Hall–Kier alpha value is -0.260. The zero-order chi connectivity index (χ0) is 4.99. The van der Waals surface area contributed by atoms with Crippen LogP contribution < -0.4 is 0 Å². The van der Waals surface area contributed by atoms with Gasteiger partial charge in [-0.2, -0.15) is 0 Å². The van der Waals surface area contributed by atoms with Crippen LogP contribution in [0.15, 0.2) is 11.6 Å². The fourth-order valence-corrected chi connectivity index (χ4v) is 0.167. The summed E-state index contributed by atoms with van der Waals surface area (Å²) in [6.07, 6.45) is 4.17. The average Bonchev–Trinajstić information content (AvgIpc) is 1.65. The van der Waals surface area contributed by atoms with Gasteiger partial charge in [-0.1, -0.05) is 18.6 Å². The van der Waals surface area contributed by atoms with Crippen LogP contribution in [0.3, 0.4) is 0 Å². The van der Waals surface area contributed by atoms with Crippen LogP contribution in [0, 0.1) is 6.42 Å². The molecule has 0 saturated carbocycles. The van der Waals surface area contributed by atoms with E-state index in [1.54, 1.807) is 0 Å². The molecule has 6 heavy (non-hydrogen) atoms. The smallest absolute Gasteiger partial charge is 0.0172 e. The monoisotopic (exact) mass is 83.1 g/mol. The molecule has 0 N–H and O–H groups in total. The quantitative estimate of drug-likeness (QED) is 0.455. The third-order valence-corrected chi connectivity index (χ3v) is 0.911. The molecule has 0 saturated heterocycles. The van der Waals surface area contributed by atoms with Crippen molar-refractivity contribution in [3.63, 3.8) is 0 Å². The summed E-state index contributed by atoms with van der Waals surface area (Å²) in [5.41, 5.74) is 1.34. The first-order valence-corrected chi connectivity index (χ1v) is 2.23. The van der Waals surface area contributed by atoms with E-state index in [4.69, 9.17) is 0 Å². The summed E-state index contributed by atoms with van der Waals surface area (Å²) < 4.78 is 0. The zero-order valence-electron chi connectivity index (χ0n) is 4.65. The van der Waals surface area contributed by atoms with Gasteiger partial charge < -0.3 is 0 Å². The fraction of sp³-hybridized carbons (Fsp3) is 0.500. The van der Waals surface area contributed by atoms with E-state index in [9.17, 15) is 0 Å². The molecule has 35 valence electrons. The van der Waals surface area contributed by atoms with E-state index in [0.717, 1.165) is 0 Å². The minimum atomic E-state index is 1.34. The van der Waals surface area contributed by atoms with Crippen molar-refractivity contribution in [3.05, 3.63) is 18.1 Å². The maximum absolute atomic E-state index is 2.08. The van der Waals surface area contributed by atoms with Crippen molar-refractivity contribution >= 4 is 0 Å². The zero-order valence-corrected chi connectivity index (χ0v) is 4.65. The van der Waals surface area contributed by atoms with Gasteiger partial charge in [0.05, 0.1) is 0 Å². The van der Waals surface area contributed by atoms with Crippen molar-refractivity contribution < 1.29 is 0 Å². The molecule has 0 heteroatoms. The molecule has 0 aromatic rings. The predicted molar refractivity (Wildman–Crippen MR) is 29.4 cm³/mol. The maximum atomic E-state index is 2.08. The lowest BCUT2D eigenvalue weighted by molar-refractivity contribution is 1.33. The highest BCUT2D eigenvalue weighted by atomic mass is 13.8. The minimum Gasteiger partial charge on any atom is -0.0884 e. The molecule has 0 bridgehead atoms. The van der Waals surface area contributed by atoms with Gasteiger partial charge in [-0.25, -0.2) is 0 Å². The number of hydrogen-bond donors (Lipinski definition) is 0. The summed E-state index contributed by atoms with van der Waals surface area (Å²) >= 11 is 0. The molecule has 0 amide bonds. The Morgan fingerprint density at radius 2 is 1.83 bits per heavy atom. The van der Waals surface area contributed by atoms with Crippen LogP contribution in [0.4, 0.5) is 0 Å². The standard InChI is InChI=1S/C6H11/c1-4-6(3)5-2/h4-5H,1-3H3/b6-4-. The van der Waals surface area contributed by atoms with Crippen LogP contribution in [-0.4, -0.2) is 0 Å². The van der Waals surface area contributed by atoms with Gasteiger partial charge in [0, 0.05) is 0 Å². The fourth-order valence-electron chi connectivity index (χ4n) is 0.167. The SMILES string of the molecule is C[CH]/C(C)=C\C. The first-order valence-electron chi connectivity index (χ1n) is 2.23. The average molecular weight is 83.2 g/mol. The molecular weight excluding hydrogens is 72.1 g/mol. The molecule has 0 spiro atoms. The molecule has 0 heterocycles. The highest BCUT2D eigenvalue weighted by Gasteiger charge is 1.73. The molecule has 0 aromatic carbocycles. The Morgan fingerprint density at radius 3 is 1.83 bits per heavy atom. The highest BCUT2D eigenvalue weighted by Crippen LogP contribution is 1.92. The van der Waals surface area contributed by atoms with E-state index in [-0.39, 0.29) is 0 Å². The predicted octanol–water partition coefficient (Wildman–Crippen LogP) is 2.18. The lowest BCUT2D eigenvalue weighted by Crippen LogP contribution is -1.65. The molecule has 0 atom stereocenters. The maximum Gasteiger partial charge on any atom is -0.0172 e. The van der Waals surface area contributed by atoms with Gasteiger partial charge >= 0.3 is 0 Å². The second-order valence-electron chi connectivity index (χ2n) is 1.32. The number of rotatable bonds is 1. The Balaban J connectivity index is 3.22. The van der Waals surface area contributed by atoms with Crippen LogP contribution in [-0.2, 0) is 0 Å². The van der Waals surface area contributed by atoms with Gasteiger partial charge in [0.1, 0.15) is 0 Å². The van der Waals surface area contributed by atoms with Crippen LogP contribution in [0.5, 0.6) is 0 Å². The van der Waals surface area contributed by atoms with Crippen molar-refractivity contribution in [2.45, 2.75) is 20.8 Å². The van der Waals surface area contributed by atoms with Gasteiger partial charge in [-0.3, -0.25) is 0 Å². The van der Waals surface area contributed by atoms with Gasteiger partial charge in [-0.15, -0.1) is 0 Å². The largest absolute Gasteiger partial charge is 0.0884 e. The van der Waals surface area contributed by atoms with Crippen molar-refractivity contribution in [3.8, 4) is 0 Å². The minimum absolute atomic E-state index is 1.34. The molecule has 0 unspecified atom stereocenters. The van der Waals surface area contributed by atoms with Crippen LogP contribution in [0.1, 0.15) is 20.8 Å². The highest BCUT2D eigenvalue weighted by molar-refractivity contribution is 5.05. The van der Waals surface area contributed by atoms with Crippen LogP contribution >= 0.6 is 0 Å². The Kier molecular flexibility index (Phi) is 2.82. The Morgan fingerprint density at radius 1 is 1.33 bits per heavy atom. The third-order valence-electron chi connectivity index (χ3n) is 0.911. The van der Waals surface area contributed by atoms with Gasteiger partial charge in [-0.05, 0) is 20.3 Å². The Bertz CT molecular complexity index is 51.1. The van der Waals surface area contributed by atoms with Crippen molar-refractivity contribution in [1.82, 2.24) is 0 Å². The lowest BCUT2D eigenvalue weighted by Gasteiger charge is -1.84. The van der Waals surface area contributed by atoms with Crippen molar-refractivity contribution in [2.75, 3.05) is 0 Å². The van der Waals surface area contributed by atoms with E-state index in [1.165, 1.54) is 5.57 Å². The molecule has 0 fully saturated rings. The summed E-state index contributed by atoms with van der Waals surface area (Å²) in [5.74, 6) is 0. The second-order valence-corrected chi connectivity index (χ2v) is 1.32. The Labute approximate surface area is 39.9 Å². The van der Waals surface area contributed by atoms with Gasteiger partial charge in [0.2, 0.25) is 0 Å². The van der Waals surface area contributed by atoms with Crippen molar-refractivity contribution in [1.29, 1.82) is 0 Å². The molecule has 1 radical (unpaired) electrons. The van der Waals surface area contributed by atoms with E-state index in [1.807, 2.05) is 13.8 Å². The van der Waals surface area contributed by atoms with E-state index >= 15 is 0 Å². The third kappa shape index (κ3) is 2.01. The van der Waals surface area contributed by atoms with E-state index in [2.05, 4.69) is 19.4 Å². The van der Waals surface area contributed by atoms with Crippen LogP contribution in [0.2, 0.25) is 0 Å². The number of hydrogen-bond acceptors (Lipinski definition) is 0. The normalized spacial score (nSPS) is 12.2. The second kappa shape index (κ2) is 2.95. The topological polar surface area (TPSA) is 0 Å². The summed E-state index contributed by atoms with van der Waals surface area (Å²) in [5, 5.41) is 0. The number of allylic oxidation sites excluding steroid dienone is 2. The first kappa shape index (κ1) is 5.74. The molecule has 0 aliphatic carbocycles. The van der Waals surface area contributed by atoms with Crippen molar-refractivity contribution in [2.24, 2.45) is 0 Å². The summed E-state index contributed by atoms with van der Waals surface area (Å²) in [4.78, 5) is 0. The summed E-state index contributed by atoms with van der Waals surface area (Å²) in [7, 11) is 0. The van der Waals surface area contributed by atoms with E-state index < -0.39 is 0 Å². The molecule has 0 aliphatic rings. The summed E-state index contributed by atoms with van der Waals surface area (Å²) in [6.45, 7) is 6.16. The summed E-state index contributed by atoms with van der Waals surface area (Å²) in [6, 6.07) is 0. The first-order chi connectivity index (χ1) is 2.81. The van der Waals surface area contributed by atoms with Crippen LogP contribution in [0.25, 0.3) is 0 Å². The van der Waals surface area contributed by atoms with E-state index in [0.29, 0.717) is 0 Å². The lowest BCUT2D eigenvalue weighted by atomic mass is 10.2. The molecule has 0 nitrogen and oxygen atoms in total. The molecule has 0 aromatic heterocycles. The van der Waals surface area contributed by atoms with Gasteiger partial charge in [0.25, 0.3) is 0 Å². The van der Waals surface area contributed by atoms with Gasteiger partial charge in [0.15, 0.2) is 0 Å². The molecule has 0 rings (SSSR count). The molecular formula is C6H11. The molecule has 0 aliphatic heterocycles.